The largest absolute Gasteiger partial charge is 0.463 e. The maximum absolute atomic E-state index is 12.3. The van der Waals surface area contributed by atoms with Gasteiger partial charge in [-0.3, -0.25) is 4.79 Å². The highest BCUT2D eigenvalue weighted by Crippen LogP contribution is 2.22. The minimum Gasteiger partial charge on any atom is -0.463 e. The van der Waals surface area contributed by atoms with Crippen molar-refractivity contribution in [1.29, 1.82) is 0 Å². The summed E-state index contributed by atoms with van der Waals surface area (Å²) in [6.07, 6.45) is 2.41. The zero-order chi connectivity index (χ0) is 16.4. The molecule has 8 heteroatoms. The van der Waals surface area contributed by atoms with Crippen LogP contribution in [0.4, 0.5) is 0 Å². The van der Waals surface area contributed by atoms with Gasteiger partial charge in [0.25, 0.3) is 5.91 Å². The van der Waals surface area contributed by atoms with E-state index in [0.29, 0.717) is 17.1 Å². The van der Waals surface area contributed by atoms with Gasteiger partial charge in [0.15, 0.2) is 5.76 Å². The van der Waals surface area contributed by atoms with Crippen LogP contribution >= 0.6 is 0 Å². The van der Waals surface area contributed by atoms with Gasteiger partial charge in [0.2, 0.25) is 10.0 Å². The van der Waals surface area contributed by atoms with E-state index in [9.17, 15) is 13.2 Å². The van der Waals surface area contributed by atoms with E-state index in [1.165, 1.54) is 17.0 Å². The van der Waals surface area contributed by atoms with Gasteiger partial charge in [-0.05, 0) is 24.3 Å². The van der Waals surface area contributed by atoms with Gasteiger partial charge in [-0.2, -0.15) is 5.10 Å². The van der Waals surface area contributed by atoms with Gasteiger partial charge in [-0.15, -0.1) is 0 Å². The van der Waals surface area contributed by atoms with E-state index in [1.807, 2.05) is 10.8 Å². The van der Waals surface area contributed by atoms with Crippen molar-refractivity contribution in [3.05, 3.63) is 60.5 Å². The highest BCUT2D eigenvalue weighted by molar-refractivity contribution is 7.89. The van der Waals surface area contributed by atoms with E-state index in [0.717, 1.165) is 6.26 Å². The third-order valence-corrected chi connectivity index (χ3v) is 3.55. The van der Waals surface area contributed by atoms with Crippen molar-refractivity contribution in [3.8, 4) is 17.1 Å². The summed E-state index contributed by atoms with van der Waals surface area (Å²) in [7, 11) is -3.68. The van der Waals surface area contributed by atoms with Crippen molar-refractivity contribution in [2.45, 2.75) is 0 Å². The number of rotatable bonds is 4. The highest BCUT2D eigenvalue weighted by atomic mass is 32.2. The van der Waals surface area contributed by atoms with Crippen LogP contribution in [-0.2, 0) is 10.0 Å². The summed E-state index contributed by atoms with van der Waals surface area (Å²) in [6, 6.07) is 13.8. The summed E-state index contributed by atoms with van der Waals surface area (Å²) in [4.78, 5) is 12.3. The minimum absolute atomic E-state index is 0.0908. The van der Waals surface area contributed by atoms with Gasteiger partial charge >= 0.3 is 0 Å². The van der Waals surface area contributed by atoms with Crippen LogP contribution in [0.5, 0.6) is 0 Å². The summed E-state index contributed by atoms with van der Waals surface area (Å²) in [5, 5.41) is 4.34. The second kappa shape index (κ2) is 5.73. The van der Waals surface area contributed by atoms with Gasteiger partial charge < -0.3 is 4.42 Å². The van der Waals surface area contributed by atoms with E-state index in [-0.39, 0.29) is 5.69 Å². The molecule has 0 saturated carbocycles. The molecule has 0 radical (unpaired) electrons. The Morgan fingerprint density at radius 2 is 1.91 bits per heavy atom. The molecule has 0 aliphatic rings. The summed E-state index contributed by atoms with van der Waals surface area (Å²) < 4.78 is 31.2. The number of aromatic nitrogens is 2. The Balaban J connectivity index is 2.11. The minimum atomic E-state index is -3.68. The molecule has 7 nitrogen and oxygen atoms in total. The van der Waals surface area contributed by atoms with Crippen LogP contribution in [0.1, 0.15) is 10.5 Å². The van der Waals surface area contributed by atoms with Gasteiger partial charge in [-0.1, -0.05) is 18.2 Å². The lowest BCUT2D eigenvalue weighted by Crippen LogP contribution is -2.31. The van der Waals surface area contributed by atoms with Crippen molar-refractivity contribution in [2.24, 2.45) is 0 Å². The molecule has 1 amide bonds. The number of carbonyl (C=O) groups excluding carboxylic acids is 1. The third kappa shape index (κ3) is 3.32. The van der Waals surface area contributed by atoms with Crippen molar-refractivity contribution >= 4 is 15.9 Å². The number of sulfonamides is 1. The molecular formula is C15H13N3O4S. The highest BCUT2D eigenvalue weighted by Gasteiger charge is 2.20. The molecule has 0 aliphatic carbocycles. The van der Waals surface area contributed by atoms with Crippen LogP contribution in [0.15, 0.2) is 59.2 Å². The molecule has 118 valence electrons. The molecule has 0 bridgehead atoms. The van der Waals surface area contributed by atoms with Crippen molar-refractivity contribution in [2.75, 3.05) is 6.26 Å². The Morgan fingerprint density at radius 1 is 1.17 bits per heavy atom. The second-order valence-corrected chi connectivity index (χ2v) is 6.59. The molecule has 2 heterocycles. The van der Waals surface area contributed by atoms with Gasteiger partial charge in [-0.25, -0.2) is 17.8 Å². The Hall–Kier alpha value is -2.87. The van der Waals surface area contributed by atoms with Crippen LogP contribution in [0.25, 0.3) is 17.1 Å². The van der Waals surface area contributed by atoms with Gasteiger partial charge in [0.05, 0.1) is 18.2 Å². The Kier molecular flexibility index (Phi) is 3.75. The van der Waals surface area contributed by atoms with Crippen LogP contribution in [0.2, 0.25) is 0 Å². The maximum atomic E-state index is 12.3. The quantitative estimate of drug-likeness (QED) is 0.787. The monoisotopic (exact) mass is 331 g/mol. The van der Waals surface area contributed by atoms with E-state index in [4.69, 9.17) is 4.42 Å². The number of nitrogens with one attached hydrogen (secondary N) is 1. The molecule has 1 aromatic carbocycles. The molecule has 0 fully saturated rings. The molecule has 1 N–H and O–H groups in total. The third-order valence-electron chi connectivity index (χ3n) is 2.99. The number of nitrogens with zero attached hydrogens (tertiary/aromatic N) is 2. The van der Waals surface area contributed by atoms with Crippen LogP contribution in [0.3, 0.4) is 0 Å². The predicted molar refractivity (Wildman–Crippen MR) is 83.6 cm³/mol. The average Bonchev–Trinajstić information content (AvgIpc) is 3.15. The lowest BCUT2D eigenvalue weighted by Gasteiger charge is -2.06. The summed E-state index contributed by atoms with van der Waals surface area (Å²) in [5.74, 6) is -0.283. The molecule has 0 atom stereocenters. The fraction of sp³-hybridized carbons (Fsp3) is 0.0667. The number of benzene rings is 1. The molecule has 3 rings (SSSR count). The number of hydrogen-bond donors (Lipinski definition) is 1. The number of amides is 1. The molecule has 0 unspecified atom stereocenters. The first kappa shape index (κ1) is 15.0. The first-order valence-electron chi connectivity index (χ1n) is 6.65. The molecule has 0 saturated heterocycles. The molecule has 2 aromatic heterocycles. The molecule has 3 aromatic rings. The fourth-order valence-electron chi connectivity index (χ4n) is 2.07. The summed E-state index contributed by atoms with van der Waals surface area (Å²) in [5.41, 5.74) is 1.15. The lowest BCUT2D eigenvalue weighted by molar-refractivity contribution is 0.0974. The SMILES string of the molecule is CS(=O)(=O)NC(=O)c1cc(-c2ccco2)nn1-c1ccccc1. The molecular weight excluding hydrogens is 318 g/mol. The van der Waals surface area contributed by atoms with E-state index in [1.54, 1.807) is 36.4 Å². The summed E-state index contributed by atoms with van der Waals surface area (Å²) >= 11 is 0. The second-order valence-electron chi connectivity index (χ2n) is 4.84. The van der Waals surface area contributed by atoms with Crippen molar-refractivity contribution < 1.29 is 17.6 Å². The average molecular weight is 331 g/mol. The Bertz CT molecular complexity index is 929. The molecule has 0 spiro atoms. The van der Waals surface area contributed by atoms with Crippen LogP contribution in [0, 0.1) is 0 Å². The molecule has 23 heavy (non-hydrogen) atoms. The van der Waals surface area contributed by atoms with E-state index >= 15 is 0 Å². The number of furan rings is 1. The standard InChI is InChI=1S/C15H13N3O4S/c1-23(20,21)17-15(19)13-10-12(14-8-5-9-22-14)16-18(13)11-6-3-2-4-7-11/h2-10H,1H3,(H,17,19). The first-order valence-corrected chi connectivity index (χ1v) is 8.55. The summed E-state index contributed by atoms with van der Waals surface area (Å²) in [6.45, 7) is 0. The molecule has 0 aliphatic heterocycles. The first-order chi connectivity index (χ1) is 10.9. The zero-order valence-electron chi connectivity index (χ0n) is 12.1. The van der Waals surface area contributed by atoms with E-state index < -0.39 is 15.9 Å². The van der Waals surface area contributed by atoms with E-state index in [2.05, 4.69) is 5.10 Å². The van der Waals surface area contributed by atoms with Gasteiger partial charge in [0, 0.05) is 6.07 Å². The Labute approximate surface area is 132 Å². The van der Waals surface area contributed by atoms with Crippen molar-refractivity contribution in [1.82, 2.24) is 14.5 Å². The number of hydrogen-bond acceptors (Lipinski definition) is 5. The normalized spacial score (nSPS) is 11.3. The van der Waals surface area contributed by atoms with Crippen LogP contribution in [-0.4, -0.2) is 30.4 Å². The topological polar surface area (TPSA) is 94.2 Å². The van der Waals surface area contributed by atoms with Crippen molar-refractivity contribution in [3.63, 3.8) is 0 Å². The predicted octanol–water partition coefficient (Wildman–Crippen LogP) is 1.82. The number of para-hydroxylation sites is 1. The zero-order valence-corrected chi connectivity index (χ0v) is 12.9. The Morgan fingerprint density at radius 3 is 2.52 bits per heavy atom. The van der Waals surface area contributed by atoms with Gasteiger partial charge in [0.1, 0.15) is 11.4 Å². The maximum Gasteiger partial charge on any atom is 0.283 e. The number of carbonyl (C=O) groups is 1. The smallest absolute Gasteiger partial charge is 0.283 e. The lowest BCUT2D eigenvalue weighted by atomic mass is 10.3. The fourth-order valence-corrected chi connectivity index (χ4v) is 2.52. The van der Waals surface area contributed by atoms with Crippen LogP contribution < -0.4 is 4.72 Å².